The first kappa shape index (κ1) is 17.2. The number of rotatable bonds is 4. The summed E-state index contributed by atoms with van der Waals surface area (Å²) in [5, 5.41) is 8.53. The summed E-state index contributed by atoms with van der Waals surface area (Å²) in [6, 6.07) is 15.1. The number of carbonyl (C=O) groups excluding carboxylic acids is 2. The topological polar surface area (TPSA) is 61.8 Å². The van der Waals surface area contributed by atoms with E-state index in [1.54, 1.807) is 11.8 Å². The Bertz CT molecular complexity index is 848. The predicted molar refractivity (Wildman–Crippen MR) is 102 cm³/mol. The average molecular weight is 353 g/mol. The van der Waals surface area contributed by atoms with Crippen LogP contribution in [-0.2, 0) is 9.59 Å². The zero-order valence-corrected chi connectivity index (χ0v) is 15.0. The first-order chi connectivity index (χ1) is 12.1. The number of para-hydroxylation sites is 1. The molecule has 2 aromatic carbocycles. The minimum atomic E-state index is -0.272. The van der Waals surface area contributed by atoms with E-state index in [-0.39, 0.29) is 18.2 Å². The normalized spacial score (nSPS) is 14.2. The molecule has 5 nitrogen and oxygen atoms in total. The number of amides is 2. The lowest BCUT2D eigenvalue weighted by atomic mass is 10.1. The van der Waals surface area contributed by atoms with Gasteiger partial charge >= 0.3 is 0 Å². The lowest BCUT2D eigenvalue weighted by Crippen LogP contribution is -2.36. The molecule has 6 heteroatoms. The molecule has 0 spiro atoms. The summed E-state index contributed by atoms with van der Waals surface area (Å²) in [7, 11) is 0. The van der Waals surface area contributed by atoms with Crippen LogP contribution in [0.1, 0.15) is 18.4 Å². The van der Waals surface area contributed by atoms with Gasteiger partial charge in [-0.2, -0.15) is 5.10 Å². The van der Waals surface area contributed by atoms with Gasteiger partial charge in [0, 0.05) is 17.7 Å². The molecule has 1 heterocycles. The zero-order valence-electron chi connectivity index (χ0n) is 14.2. The van der Waals surface area contributed by atoms with Crippen molar-refractivity contribution < 1.29 is 9.59 Å². The van der Waals surface area contributed by atoms with Crippen molar-refractivity contribution in [2.75, 3.05) is 16.6 Å². The second kappa shape index (κ2) is 7.53. The van der Waals surface area contributed by atoms with Crippen molar-refractivity contribution in [2.24, 2.45) is 5.10 Å². The maximum Gasteiger partial charge on any atom is 0.271 e. The molecule has 0 saturated heterocycles. The Labute approximate surface area is 151 Å². The average Bonchev–Trinajstić information content (AvgIpc) is 2.62. The summed E-state index contributed by atoms with van der Waals surface area (Å²) >= 11 is 1.56. The molecule has 2 aromatic rings. The van der Waals surface area contributed by atoms with E-state index in [1.807, 2.05) is 61.7 Å². The minimum absolute atomic E-state index is 0.105. The predicted octanol–water partition coefficient (Wildman–Crippen LogP) is 3.84. The minimum Gasteiger partial charge on any atom is -0.320 e. The van der Waals surface area contributed by atoms with E-state index in [2.05, 4.69) is 10.4 Å². The van der Waals surface area contributed by atoms with Crippen molar-refractivity contribution in [2.45, 2.75) is 24.7 Å². The molecule has 0 unspecified atom stereocenters. The van der Waals surface area contributed by atoms with Crippen molar-refractivity contribution in [3.05, 3.63) is 54.1 Å². The summed E-state index contributed by atoms with van der Waals surface area (Å²) in [5.74, 6) is -0.377. The smallest absolute Gasteiger partial charge is 0.271 e. The molecule has 25 heavy (non-hydrogen) atoms. The van der Waals surface area contributed by atoms with Crippen LogP contribution >= 0.6 is 11.8 Å². The summed E-state index contributed by atoms with van der Waals surface area (Å²) < 4.78 is 0. The van der Waals surface area contributed by atoms with Gasteiger partial charge in [-0.3, -0.25) is 9.59 Å². The molecule has 1 aliphatic heterocycles. The third-order valence-corrected chi connectivity index (χ3v) is 4.69. The zero-order chi connectivity index (χ0) is 17.8. The van der Waals surface area contributed by atoms with E-state index < -0.39 is 0 Å². The van der Waals surface area contributed by atoms with Crippen LogP contribution in [0.3, 0.4) is 0 Å². The van der Waals surface area contributed by atoms with E-state index in [0.717, 1.165) is 16.1 Å². The summed E-state index contributed by atoms with van der Waals surface area (Å²) in [4.78, 5) is 25.8. The highest BCUT2D eigenvalue weighted by molar-refractivity contribution is 7.98. The van der Waals surface area contributed by atoms with Gasteiger partial charge < -0.3 is 5.32 Å². The van der Waals surface area contributed by atoms with Gasteiger partial charge in [-0.15, -0.1) is 11.8 Å². The third-order valence-electron chi connectivity index (χ3n) is 3.90. The van der Waals surface area contributed by atoms with Crippen molar-refractivity contribution in [3.63, 3.8) is 0 Å². The van der Waals surface area contributed by atoms with Gasteiger partial charge in [-0.05, 0) is 43.0 Å². The molecule has 0 aromatic heterocycles. The quantitative estimate of drug-likeness (QED) is 0.850. The standard InChI is InChI=1S/C19H19N3O2S/c1-13-6-5-7-14(12-13)22-18(23)11-10-16(21-22)19(24)20-15-8-3-4-9-17(15)25-2/h3-9,12H,10-11H2,1-2H3,(H,20,24). The molecule has 0 aliphatic carbocycles. The van der Waals surface area contributed by atoms with Crippen LogP contribution in [-0.4, -0.2) is 23.8 Å². The Morgan fingerprint density at radius 1 is 1.16 bits per heavy atom. The number of nitrogens with zero attached hydrogens (tertiary/aromatic N) is 2. The summed E-state index contributed by atoms with van der Waals surface area (Å²) in [6.45, 7) is 1.95. The van der Waals surface area contributed by atoms with Gasteiger partial charge in [0.05, 0.1) is 11.4 Å². The van der Waals surface area contributed by atoms with Crippen molar-refractivity contribution in [3.8, 4) is 0 Å². The number of carbonyl (C=O) groups is 2. The fraction of sp³-hybridized carbons (Fsp3) is 0.211. The van der Waals surface area contributed by atoms with E-state index >= 15 is 0 Å². The van der Waals surface area contributed by atoms with Crippen molar-refractivity contribution >= 4 is 40.7 Å². The van der Waals surface area contributed by atoms with E-state index in [9.17, 15) is 9.59 Å². The number of hydrogen-bond acceptors (Lipinski definition) is 4. The van der Waals surface area contributed by atoms with Gasteiger partial charge in [0.2, 0.25) is 5.91 Å². The second-order valence-corrected chi connectivity index (χ2v) is 6.59. The highest BCUT2D eigenvalue weighted by Crippen LogP contribution is 2.25. The van der Waals surface area contributed by atoms with Crippen LogP contribution in [0.25, 0.3) is 0 Å². The molecular weight excluding hydrogens is 334 g/mol. The van der Waals surface area contributed by atoms with Crippen molar-refractivity contribution in [1.82, 2.24) is 0 Å². The van der Waals surface area contributed by atoms with E-state index in [4.69, 9.17) is 0 Å². The number of hydrogen-bond donors (Lipinski definition) is 1. The second-order valence-electron chi connectivity index (χ2n) is 5.75. The first-order valence-electron chi connectivity index (χ1n) is 8.00. The fourth-order valence-corrected chi connectivity index (χ4v) is 3.17. The SMILES string of the molecule is CSc1ccccc1NC(=O)C1=NN(c2cccc(C)c2)C(=O)CC1. The van der Waals surface area contributed by atoms with Crippen LogP contribution in [0, 0.1) is 6.92 Å². The third kappa shape index (κ3) is 3.91. The molecule has 0 radical (unpaired) electrons. The number of benzene rings is 2. The van der Waals surface area contributed by atoms with E-state index in [0.29, 0.717) is 17.8 Å². The first-order valence-corrected chi connectivity index (χ1v) is 9.22. The Morgan fingerprint density at radius 3 is 2.72 bits per heavy atom. The maximum atomic E-state index is 12.6. The van der Waals surface area contributed by atoms with Gasteiger partial charge in [-0.1, -0.05) is 24.3 Å². The number of aryl methyl sites for hydroxylation is 1. The molecule has 0 fully saturated rings. The highest BCUT2D eigenvalue weighted by Gasteiger charge is 2.26. The molecule has 1 N–H and O–H groups in total. The lowest BCUT2D eigenvalue weighted by molar-refractivity contribution is -0.118. The fourth-order valence-electron chi connectivity index (χ4n) is 2.62. The van der Waals surface area contributed by atoms with Gasteiger partial charge in [-0.25, -0.2) is 5.01 Å². The summed E-state index contributed by atoms with van der Waals surface area (Å²) in [5.41, 5.74) is 2.82. The van der Waals surface area contributed by atoms with Crippen molar-refractivity contribution in [1.29, 1.82) is 0 Å². The highest BCUT2D eigenvalue weighted by atomic mass is 32.2. The number of hydrazone groups is 1. The molecule has 0 bridgehead atoms. The Morgan fingerprint density at radius 2 is 1.96 bits per heavy atom. The van der Waals surface area contributed by atoms with Crippen LogP contribution in [0.4, 0.5) is 11.4 Å². The van der Waals surface area contributed by atoms with Gasteiger partial charge in [0.1, 0.15) is 5.71 Å². The van der Waals surface area contributed by atoms with Crippen LogP contribution in [0.2, 0.25) is 0 Å². The Hall–Kier alpha value is -2.60. The molecule has 1 aliphatic rings. The molecule has 3 rings (SSSR count). The molecule has 128 valence electrons. The molecular formula is C19H19N3O2S. The van der Waals surface area contributed by atoms with E-state index in [1.165, 1.54) is 5.01 Å². The van der Waals surface area contributed by atoms with Gasteiger partial charge in [0.15, 0.2) is 0 Å². The van der Waals surface area contributed by atoms with Gasteiger partial charge in [0.25, 0.3) is 5.91 Å². The molecule has 2 amide bonds. The number of anilines is 2. The largest absolute Gasteiger partial charge is 0.320 e. The van der Waals surface area contributed by atoms with Crippen LogP contribution in [0.5, 0.6) is 0 Å². The van der Waals surface area contributed by atoms with Crippen LogP contribution in [0.15, 0.2) is 58.5 Å². The Balaban J connectivity index is 1.85. The Kier molecular flexibility index (Phi) is 5.19. The summed E-state index contributed by atoms with van der Waals surface area (Å²) in [6.07, 6.45) is 2.57. The maximum absolute atomic E-state index is 12.6. The monoisotopic (exact) mass is 353 g/mol. The lowest BCUT2D eigenvalue weighted by Gasteiger charge is -2.23. The number of thioether (sulfide) groups is 1. The van der Waals surface area contributed by atoms with Crippen LogP contribution < -0.4 is 10.3 Å². The molecule has 0 saturated carbocycles. The number of nitrogens with one attached hydrogen (secondary N) is 1. The molecule has 0 atom stereocenters.